The van der Waals surface area contributed by atoms with Crippen molar-refractivity contribution in [1.82, 2.24) is 0 Å². The quantitative estimate of drug-likeness (QED) is 0.142. The highest BCUT2D eigenvalue weighted by atomic mass is 32.2. The van der Waals surface area contributed by atoms with Crippen molar-refractivity contribution in [3.05, 3.63) is 253 Å². The van der Waals surface area contributed by atoms with Crippen molar-refractivity contribution >= 4 is 135 Å². The Morgan fingerprint density at radius 2 is 0.722 bits per heavy atom. The summed E-state index contributed by atoms with van der Waals surface area (Å²) in [5.41, 5.74) is 16.3. The van der Waals surface area contributed by atoms with Crippen LogP contribution in [0.1, 0.15) is 0 Å². The average molecular weight is 995 g/mol. The van der Waals surface area contributed by atoms with E-state index in [1.54, 1.807) is 0 Å². The van der Waals surface area contributed by atoms with Gasteiger partial charge in [0.15, 0.2) is 0 Å². The van der Waals surface area contributed by atoms with Crippen LogP contribution in [-0.2, 0) is 0 Å². The van der Waals surface area contributed by atoms with E-state index in [4.69, 9.17) is 0 Å². The highest BCUT2D eigenvalue weighted by molar-refractivity contribution is 8.00. The van der Waals surface area contributed by atoms with Gasteiger partial charge in [-0.15, -0.1) is 22.7 Å². The van der Waals surface area contributed by atoms with Gasteiger partial charge in [-0.2, -0.15) is 0 Å². The molecule has 4 heterocycles. The molecule has 10 aromatic carbocycles. The van der Waals surface area contributed by atoms with Gasteiger partial charge in [0.2, 0.25) is 0 Å². The lowest BCUT2D eigenvalue weighted by Gasteiger charge is -2.34. The van der Waals surface area contributed by atoms with E-state index in [0.717, 1.165) is 39.8 Å². The summed E-state index contributed by atoms with van der Waals surface area (Å²) in [5, 5.41) is 7.02. The zero-order valence-corrected chi connectivity index (χ0v) is 41.9. The fourth-order valence-electron chi connectivity index (χ4n) is 10.4. The van der Waals surface area contributed by atoms with Crippen LogP contribution in [0.4, 0.5) is 68.2 Å². The summed E-state index contributed by atoms with van der Waals surface area (Å²) in [5.74, 6) is 0. The second kappa shape index (κ2) is 18.0. The minimum Gasteiger partial charge on any atom is -0.310 e. The predicted octanol–water partition coefficient (Wildman–Crippen LogP) is 20.6. The Balaban J connectivity index is 0.872. The molecule has 342 valence electrons. The summed E-state index contributed by atoms with van der Waals surface area (Å²) in [6.45, 7) is 0. The van der Waals surface area contributed by atoms with Crippen molar-refractivity contribution in [2.24, 2.45) is 0 Å². The minimum absolute atomic E-state index is 1.10. The first-order chi connectivity index (χ1) is 35.7. The largest absolute Gasteiger partial charge is 0.310 e. The maximum Gasteiger partial charge on any atom is 0.0727 e. The number of hydrogen-bond acceptors (Lipinski definition) is 8. The first kappa shape index (κ1) is 42.9. The zero-order valence-electron chi connectivity index (χ0n) is 38.7. The summed E-state index contributed by atoms with van der Waals surface area (Å²) in [4.78, 5) is 14.6. The van der Waals surface area contributed by atoms with Gasteiger partial charge < -0.3 is 19.6 Å². The van der Waals surface area contributed by atoms with Crippen LogP contribution in [0.15, 0.2) is 273 Å². The molecule has 0 saturated heterocycles. The van der Waals surface area contributed by atoms with Gasteiger partial charge in [0.1, 0.15) is 0 Å². The topological polar surface area (TPSA) is 13.0 Å². The number of benzene rings is 10. The monoisotopic (exact) mass is 994 g/mol. The lowest BCUT2D eigenvalue weighted by molar-refractivity contribution is 1.16. The summed E-state index contributed by atoms with van der Waals surface area (Å²) in [6, 6.07) is 88.3. The molecular weight excluding hydrogens is 953 g/mol. The van der Waals surface area contributed by atoms with Gasteiger partial charge in [-0.25, -0.2) is 0 Å². The van der Waals surface area contributed by atoms with Crippen LogP contribution >= 0.6 is 46.2 Å². The van der Waals surface area contributed by atoms with Gasteiger partial charge in [-0.3, -0.25) is 0 Å². The lowest BCUT2D eigenvalue weighted by Crippen LogP contribution is -2.16. The minimum atomic E-state index is 1.10. The first-order valence-electron chi connectivity index (χ1n) is 24.0. The van der Waals surface area contributed by atoms with E-state index in [2.05, 4.69) is 273 Å². The summed E-state index contributed by atoms with van der Waals surface area (Å²) in [6.07, 6.45) is 0. The third-order valence-electron chi connectivity index (χ3n) is 13.5. The molecule has 0 spiro atoms. The first-order valence-corrected chi connectivity index (χ1v) is 27.4. The Morgan fingerprint density at radius 1 is 0.306 bits per heavy atom. The van der Waals surface area contributed by atoms with Gasteiger partial charge in [0.05, 0.1) is 33.1 Å². The van der Waals surface area contributed by atoms with Crippen molar-refractivity contribution in [2.75, 3.05) is 19.6 Å². The standard InChI is InChI=1S/C64H42N4S4/c1-5-17-44(18-6-1)65(49-33-35-55-59(41-49)71-57-27-15-13-25-53(57)67(55)46-21-9-3-10-22-46)48-31-29-43(30-32-48)61-51-37-39-70-64(51)62(52-38-40-69-63(52)61)66(45-19-7-2-8-20-45)50-34-36-56-60(42-50)72-58-28-16-14-26-54(58)68(56)47-23-11-4-12-24-47/h1-42H. The van der Waals surface area contributed by atoms with Crippen LogP contribution in [0.3, 0.4) is 0 Å². The van der Waals surface area contributed by atoms with Gasteiger partial charge in [0, 0.05) is 80.4 Å². The molecular formula is C64H42N4S4. The van der Waals surface area contributed by atoms with E-state index in [9.17, 15) is 0 Å². The Kier molecular flexibility index (Phi) is 10.7. The highest BCUT2D eigenvalue weighted by Crippen LogP contribution is 2.57. The number of rotatable bonds is 9. The lowest BCUT2D eigenvalue weighted by atomic mass is 9.97. The SMILES string of the molecule is c1ccc(N(c2ccc(-c3c4ccsc4c(N(c4ccccc4)c4ccc5c(c4)Sc4ccccc4N5c4ccccc4)c4ccsc34)cc2)c2ccc3c(c2)Sc2ccccc2N3c2ccccc2)cc1. The van der Waals surface area contributed by atoms with Crippen LogP contribution in [-0.4, -0.2) is 0 Å². The van der Waals surface area contributed by atoms with Gasteiger partial charge in [-0.1, -0.05) is 133 Å². The number of para-hydroxylation sites is 6. The van der Waals surface area contributed by atoms with Crippen LogP contribution in [0, 0.1) is 0 Å². The maximum atomic E-state index is 2.49. The summed E-state index contributed by atoms with van der Waals surface area (Å²) in [7, 11) is 0. The molecule has 12 aromatic rings. The molecule has 72 heavy (non-hydrogen) atoms. The Labute approximate surface area is 435 Å². The van der Waals surface area contributed by atoms with E-state index in [1.807, 2.05) is 46.2 Å². The number of hydrogen-bond donors (Lipinski definition) is 0. The molecule has 0 radical (unpaired) electrons. The normalized spacial score (nSPS) is 12.6. The van der Waals surface area contributed by atoms with E-state index in [1.165, 1.54) is 79.3 Å². The Bertz CT molecular complexity index is 3900. The molecule has 2 aromatic heterocycles. The average Bonchev–Trinajstić information content (AvgIpc) is 4.14. The predicted molar refractivity (Wildman–Crippen MR) is 310 cm³/mol. The molecule has 4 nitrogen and oxygen atoms in total. The molecule has 8 heteroatoms. The molecule has 0 fully saturated rings. The van der Waals surface area contributed by atoms with Crippen LogP contribution in [0.25, 0.3) is 31.3 Å². The third-order valence-corrected chi connectivity index (χ3v) is 17.6. The summed E-state index contributed by atoms with van der Waals surface area (Å²) < 4.78 is 2.53. The van der Waals surface area contributed by atoms with Gasteiger partial charge >= 0.3 is 0 Å². The molecule has 14 rings (SSSR count). The fraction of sp³-hybridized carbons (Fsp3) is 0. The number of thiophene rings is 2. The molecule has 0 unspecified atom stereocenters. The molecule has 0 amide bonds. The maximum absolute atomic E-state index is 2.49. The van der Waals surface area contributed by atoms with Crippen molar-refractivity contribution < 1.29 is 0 Å². The van der Waals surface area contributed by atoms with Crippen molar-refractivity contribution in [3.63, 3.8) is 0 Å². The van der Waals surface area contributed by atoms with Crippen molar-refractivity contribution in [3.8, 4) is 11.1 Å². The molecule has 0 atom stereocenters. The van der Waals surface area contributed by atoms with Gasteiger partial charge in [0.25, 0.3) is 0 Å². The third kappa shape index (κ3) is 7.29. The van der Waals surface area contributed by atoms with Crippen LogP contribution < -0.4 is 19.6 Å². The molecule has 2 aliphatic heterocycles. The highest BCUT2D eigenvalue weighted by Gasteiger charge is 2.30. The Morgan fingerprint density at radius 3 is 1.28 bits per heavy atom. The number of anilines is 12. The van der Waals surface area contributed by atoms with E-state index >= 15 is 0 Å². The number of nitrogens with zero attached hydrogens (tertiary/aromatic N) is 4. The van der Waals surface area contributed by atoms with E-state index in [0.29, 0.717) is 0 Å². The molecule has 0 saturated carbocycles. The van der Waals surface area contributed by atoms with E-state index in [-0.39, 0.29) is 0 Å². The summed E-state index contributed by atoms with van der Waals surface area (Å²) >= 11 is 7.33. The second-order valence-electron chi connectivity index (χ2n) is 17.7. The molecule has 0 aliphatic carbocycles. The van der Waals surface area contributed by atoms with Crippen molar-refractivity contribution in [1.29, 1.82) is 0 Å². The smallest absolute Gasteiger partial charge is 0.0727 e. The van der Waals surface area contributed by atoms with E-state index < -0.39 is 0 Å². The van der Waals surface area contributed by atoms with Gasteiger partial charge in [-0.05, 0) is 150 Å². The number of fused-ring (bicyclic) bond motifs is 6. The Hall–Kier alpha value is -7.98. The van der Waals surface area contributed by atoms with Crippen molar-refractivity contribution in [2.45, 2.75) is 19.6 Å². The molecule has 0 bridgehead atoms. The van der Waals surface area contributed by atoms with Crippen LogP contribution in [0.5, 0.6) is 0 Å². The molecule has 0 N–H and O–H groups in total. The fourth-order valence-corrected chi connectivity index (χ4v) is 14.5. The molecule has 2 aliphatic rings. The van der Waals surface area contributed by atoms with Crippen LogP contribution in [0.2, 0.25) is 0 Å². The second-order valence-corrected chi connectivity index (χ2v) is 21.7. The zero-order chi connectivity index (χ0) is 47.5.